The van der Waals surface area contributed by atoms with Gasteiger partial charge in [0, 0.05) is 24.4 Å². The van der Waals surface area contributed by atoms with Crippen LogP contribution in [0.1, 0.15) is 29.8 Å². The Bertz CT molecular complexity index is 555. The van der Waals surface area contributed by atoms with E-state index in [4.69, 9.17) is 5.73 Å². The molecular weight excluding hydrogens is 274 g/mol. The molecule has 2 rings (SSSR count). The molecule has 112 valence electrons. The van der Waals surface area contributed by atoms with Gasteiger partial charge in [-0.05, 0) is 35.7 Å². The number of rotatable bonds is 6. The van der Waals surface area contributed by atoms with E-state index < -0.39 is 6.61 Å². The molecule has 0 radical (unpaired) electrons. The maximum atomic E-state index is 12.1. The molecule has 0 amide bonds. The van der Waals surface area contributed by atoms with Crippen LogP contribution in [0.2, 0.25) is 0 Å². The number of nitrogens with two attached hydrogens (primary N) is 1. The number of pyridine rings is 1. The average molecular weight is 292 g/mol. The summed E-state index contributed by atoms with van der Waals surface area (Å²) >= 11 is 0. The standard InChI is InChI=1S/C16H18F2N2O/c1-2-11-3-6-13(20-10-11)9-15(19)12-4-7-14(8-5-12)21-16(17)18/h3-8,10,15-16H,2,9,19H2,1H3. The lowest BCUT2D eigenvalue weighted by Crippen LogP contribution is -2.14. The molecule has 0 saturated carbocycles. The lowest BCUT2D eigenvalue weighted by atomic mass is 10.0. The number of hydrogen-bond donors (Lipinski definition) is 1. The molecule has 1 aromatic heterocycles. The average Bonchev–Trinajstić information content (AvgIpc) is 2.48. The second-order valence-corrected chi connectivity index (χ2v) is 4.77. The van der Waals surface area contributed by atoms with Crippen molar-refractivity contribution in [3.05, 3.63) is 59.4 Å². The van der Waals surface area contributed by atoms with Crippen molar-refractivity contribution in [2.24, 2.45) is 5.73 Å². The van der Waals surface area contributed by atoms with E-state index in [1.807, 2.05) is 18.3 Å². The van der Waals surface area contributed by atoms with Gasteiger partial charge in [0.25, 0.3) is 0 Å². The molecule has 0 fully saturated rings. The number of hydrogen-bond acceptors (Lipinski definition) is 3. The third kappa shape index (κ3) is 4.49. The summed E-state index contributed by atoms with van der Waals surface area (Å²) in [6.45, 7) is -0.739. The molecular formula is C16H18F2N2O. The van der Waals surface area contributed by atoms with Gasteiger partial charge >= 0.3 is 6.61 Å². The van der Waals surface area contributed by atoms with Crippen LogP contribution in [-0.2, 0) is 12.8 Å². The van der Waals surface area contributed by atoms with E-state index in [1.54, 1.807) is 12.1 Å². The molecule has 0 saturated heterocycles. The molecule has 21 heavy (non-hydrogen) atoms. The summed E-state index contributed by atoms with van der Waals surface area (Å²) in [6, 6.07) is 10.2. The van der Waals surface area contributed by atoms with Crippen LogP contribution >= 0.6 is 0 Å². The molecule has 0 aliphatic rings. The summed E-state index contributed by atoms with van der Waals surface area (Å²) in [7, 11) is 0. The second kappa shape index (κ2) is 7.13. The third-order valence-electron chi connectivity index (χ3n) is 3.26. The van der Waals surface area contributed by atoms with Crippen LogP contribution < -0.4 is 10.5 Å². The van der Waals surface area contributed by atoms with Gasteiger partial charge in [-0.2, -0.15) is 8.78 Å². The van der Waals surface area contributed by atoms with E-state index >= 15 is 0 Å². The predicted molar refractivity (Wildman–Crippen MR) is 77.3 cm³/mol. The Labute approximate surface area is 122 Å². The van der Waals surface area contributed by atoms with Crippen LogP contribution in [-0.4, -0.2) is 11.6 Å². The van der Waals surface area contributed by atoms with Crippen molar-refractivity contribution in [3.8, 4) is 5.75 Å². The molecule has 5 heteroatoms. The fourth-order valence-electron chi connectivity index (χ4n) is 2.02. The summed E-state index contributed by atoms with van der Waals surface area (Å²) in [4.78, 5) is 4.37. The Kier molecular flexibility index (Phi) is 5.22. The van der Waals surface area contributed by atoms with Gasteiger partial charge in [0.15, 0.2) is 0 Å². The van der Waals surface area contributed by atoms with Gasteiger partial charge in [-0.25, -0.2) is 0 Å². The SMILES string of the molecule is CCc1ccc(CC(N)c2ccc(OC(F)F)cc2)nc1. The van der Waals surface area contributed by atoms with Gasteiger partial charge in [-0.15, -0.1) is 0 Å². The van der Waals surface area contributed by atoms with Crippen LogP contribution in [0.15, 0.2) is 42.6 Å². The first kappa shape index (κ1) is 15.4. The lowest BCUT2D eigenvalue weighted by Gasteiger charge is -2.13. The lowest BCUT2D eigenvalue weighted by molar-refractivity contribution is -0.0498. The number of aryl methyl sites for hydroxylation is 1. The summed E-state index contributed by atoms with van der Waals surface area (Å²) in [5.41, 5.74) is 9.07. The Morgan fingerprint density at radius 2 is 1.86 bits per heavy atom. The highest BCUT2D eigenvalue weighted by molar-refractivity contribution is 5.30. The zero-order chi connectivity index (χ0) is 15.2. The highest BCUT2D eigenvalue weighted by atomic mass is 19.3. The molecule has 2 aromatic rings. The van der Waals surface area contributed by atoms with E-state index in [0.717, 1.165) is 17.7 Å². The second-order valence-electron chi connectivity index (χ2n) is 4.77. The number of nitrogens with zero attached hydrogens (tertiary/aromatic N) is 1. The minimum Gasteiger partial charge on any atom is -0.435 e. The number of alkyl halides is 2. The maximum absolute atomic E-state index is 12.1. The van der Waals surface area contributed by atoms with Gasteiger partial charge in [-0.3, -0.25) is 4.98 Å². The first-order valence-electron chi connectivity index (χ1n) is 6.82. The minimum absolute atomic E-state index is 0.131. The van der Waals surface area contributed by atoms with Crippen molar-refractivity contribution in [1.29, 1.82) is 0 Å². The molecule has 0 aliphatic carbocycles. The molecule has 0 bridgehead atoms. The monoisotopic (exact) mass is 292 g/mol. The molecule has 2 N–H and O–H groups in total. The Morgan fingerprint density at radius 3 is 2.38 bits per heavy atom. The summed E-state index contributed by atoms with van der Waals surface area (Å²) in [5, 5.41) is 0. The third-order valence-corrected chi connectivity index (χ3v) is 3.26. The number of ether oxygens (including phenoxy) is 1. The molecule has 1 unspecified atom stereocenters. The normalized spacial score (nSPS) is 12.4. The van der Waals surface area contributed by atoms with Gasteiger partial charge in [0.05, 0.1) is 0 Å². The van der Waals surface area contributed by atoms with Crippen LogP contribution in [0.4, 0.5) is 8.78 Å². The number of aromatic nitrogens is 1. The largest absolute Gasteiger partial charge is 0.435 e. The summed E-state index contributed by atoms with van der Waals surface area (Å²) in [5.74, 6) is 0.131. The van der Waals surface area contributed by atoms with Crippen molar-refractivity contribution in [2.45, 2.75) is 32.4 Å². The molecule has 0 spiro atoms. The Hall–Kier alpha value is -2.01. The quantitative estimate of drug-likeness (QED) is 0.886. The molecule has 3 nitrogen and oxygen atoms in total. The minimum atomic E-state index is -2.81. The van der Waals surface area contributed by atoms with E-state index in [9.17, 15) is 8.78 Å². The van der Waals surface area contributed by atoms with Crippen molar-refractivity contribution in [1.82, 2.24) is 4.98 Å². The van der Waals surface area contributed by atoms with E-state index in [1.165, 1.54) is 17.7 Å². The zero-order valence-corrected chi connectivity index (χ0v) is 11.8. The van der Waals surface area contributed by atoms with Crippen molar-refractivity contribution in [2.75, 3.05) is 0 Å². The highest BCUT2D eigenvalue weighted by Gasteiger charge is 2.09. The number of benzene rings is 1. The first-order chi connectivity index (χ1) is 10.1. The summed E-state index contributed by atoms with van der Waals surface area (Å²) < 4.78 is 28.5. The predicted octanol–water partition coefficient (Wildman–Crippen LogP) is 3.49. The molecule has 1 heterocycles. The van der Waals surface area contributed by atoms with Crippen molar-refractivity contribution < 1.29 is 13.5 Å². The van der Waals surface area contributed by atoms with Crippen molar-refractivity contribution >= 4 is 0 Å². The zero-order valence-electron chi connectivity index (χ0n) is 11.8. The van der Waals surface area contributed by atoms with E-state index in [2.05, 4.69) is 16.6 Å². The van der Waals surface area contributed by atoms with Crippen LogP contribution in [0.5, 0.6) is 5.75 Å². The molecule has 0 aliphatic heterocycles. The maximum Gasteiger partial charge on any atom is 0.387 e. The van der Waals surface area contributed by atoms with Gasteiger partial charge in [0.1, 0.15) is 5.75 Å². The summed E-state index contributed by atoms with van der Waals surface area (Å²) in [6.07, 6.45) is 3.39. The van der Waals surface area contributed by atoms with Crippen LogP contribution in [0, 0.1) is 0 Å². The van der Waals surface area contributed by atoms with Crippen LogP contribution in [0.25, 0.3) is 0 Å². The van der Waals surface area contributed by atoms with E-state index in [-0.39, 0.29) is 11.8 Å². The smallest absolute Gasteiger partial charge is 0.387 e. The highest BCUT2D eigenvalue weighted by Crippen LogP contribution is 2.20. The topological polar surface area (TPSA) is 48.1 Å². The van der Waals surface area contributed by atoms with Gasteiger partial charge in [-0.1, -0.05) is 25.1 Å². The van der Waals surface area contributed by atoms with Crippen molar-refractivity contribution in [3.63, 3.8) is 0 Å². The fourth-order valence-corrected chi connectivity index (χ4v) is 2.02. The van der Waals surface area contributed by atoms with Gasteiger partial charge < -0.3 is 10.5 Å². The fraction of sp³-hybridized carbons (Fsp3) is 0.312. The Balaban J connectivity index is 2.00. The molecule has 1 atom stereocenters. The molecule has 1 aromatic carbocycles. The first-order valence-corrected chi connectivity index (χ1v) is 6.82. The van der Waals surface area contributed by atoms with E-state index in [0.29, 0.717) is 6.42 Å². The van der Waals surface area contributed by atoms with Crippen LogP contribution in [0.3, 0.4) is 0 Å². The Morgan fingerprint density at radius 1 is 1.14 bits per heavy atom. The number of halogens is 2. The van der Waals surface area contributed by atoms with Gasteiger partial charge in [0.2, 0.25) is 0 Å².